The molecule has 1 N–H and O–H groups in total. The van der Waals surface area contributed by atoms with Crippen LogP contribution >= 0.6 is 0 Å². The molecule has 0 saturated carbocycles. The van der Waals surface area contributed by atoms with Gasteiger partial charge in [-0.15, -0.1) is 0 Å². The van der Waals surface area contributed by atoms with Crippen LogP contribution < -0.4 is 5.32 Å². The normalized spacial score (nSPS) is 12.6. The van der Waals surface area contributed by atoms with E-state index >= 15 is 0 Å². The van der Waals surface area contributed by atoms with Gasteiger partial charge in [-0.2, -0.15) is 18.3 Å². The minimum absolute atomic E-state index is 0.0913. The number of carbonyl (C=O) groups excluding carboxylic acids is 1. The second-order valence-electron chi connectivity index (χ2n) is 9.55. The Kier molecular flexibility index (Phi) is 6.42. The number of nitrogens with zero attached hydrogens (tertiary/aromatic N) is 3. The van der Waals surface area contributed by atoms with Crippen molar-refractivity contribution in [2.45, 2.75) is 65.2 Å². The highest BCUT2D eigenvalue weighted by Crippen LogP contribution is 2.31. The van der Waals surface area contributed by atoms with E-state index in [0.717, 1.165) is 31.4 Å². The molecule has 0 aliphatic rings. The first-order chi connectivity index (χ1) is 15.2. The number of hydrogen-bond donors (Lipinski definition) is 1. The van der Waals surface area contributed by atoms with Crippen LogP contribution in [0.5, 0.6) is 0 Å². The molecule has 0 unspecified atom stereocenters. The van der Waals surface area contributed by atoms with Crippen molar-refractivity contribution in [2.75, 3.05) is 0 Å². The van der Waals surface area contributed by atoms with E-state index in [4.69, 9.17) is 4.98 Å². The van der Waals surface area contributed by atoms with Crippen molar-refractivity contribution in [3.8, 4) is 22.6 Å². The van der Waals surface area contributed by atoms with Gasteiger partial charge in [-0.05, 0) is 64.8 Å². The lowest BCUT2D eigenvalue weighted by atomic mass is 10.0. The molecule has 33 heavy (non-hydrogen) atoms. The van der Waals surface area contributed by atoms with Crippen molar-refractivity contribution >= 4 is 5.91 Å². The van der Waals surface area contributed by atoms with Crippen LogP contribution in [-0.2, 0) is 12.0 Å². The second-order valence-corrected chi connectivity index (χ2v) is 9.55. The molecular weight excluding hydrogens is 429 g/mol. The Bertz CT molecular complexity index is 1140. The Morgan fingerprint density at radius 1 is 0.970 bits per heavy atom. The number of rotatable bonds is 5. The van der Waals surface area contributed by atoms with Gasteiger partial charge >= 0.3 is 6.18 Å². The molecule has 1 amide bonds. The molecule has 0 atom stereocenters. The predicted octanol–water partition coefficient (Wildman–Crippen LogP) is 6.00. The van der Waals surface area contributed by atoms with E-state index in [-0.39, 0.29) is 11.1 Å². The molecule has 8 heteroatoms. The molecule has 3 aromatic rings. The molecule has 176 valence electrons. The first-order valence-electron chi connectivity index (χ1n) is 10.8. The van der Waals surface area contributed by atoms with Gasteiger partial charge in [0.15, 0.2) is 0 Å². The first-order valence-corrected chi connectivity index (χ1v) is 10.8. The number of hydrogen-bond acceptors (Lipinski definition) is 3. The number of halogens is 3. The number of aromatic nitrogens is 3. The third kappa shape index (κ3) is 5.26. The summed E-state index contributed by atoms with van der Waals surface area (Å²) in [4.78, 5) is 17.7. The maximum absolute atomic E-state index is 13.4. The number of amides is 1. The van der Waals surface area contributed by atoms with Crippen LogP contribution in [0.15, 0.2) is 48.7 Å². The summed E-state index contributed by atoms with van der Waals surface area (Å²) in [6, 6.07) is 12.5. The molecule has 0 bridgehead atoms. The number of nitrogens with one attached hydrogen (secondary N) is 1. The summed E-state index contributed by atoms with van der Waals surface area (Å²) < 4.78 is 41.9. The van der Waals surface area contributed by atoms with Crippen LogP contribution in [0.1, 0.15) is 57.5 Å². The quantitative estimate of drug-likeness (QED) is 0.510. The van der Waals surface area contributed by atoms with E-state index < -0.39 is 17.6 Å². The number of carbonyl (C=O) groups is 1. The molecule has 3 rings (SSSR count). The van der Waals surface area contributed by atoms with Gasteiger partial charge in [0, 0.05) is 17.3 Å². The Labute approximate surface area is 192 Å². The zero-order chi connectivity index (χ0) is 24.6. The van der Waals surface area contributed by atoms with Crippen molar-refractivity contribution in [3.05, 3.63) is 59.8 Å². The Morgan fingerprint density at radius 2 is 1.58 bits per heavy atom. The van der Waals surface area contributed by atoms with Crippen LogP contribution in [0.4, 0.5) is 13.2 Å². The van der Waals surface area contributed by atoms with Crippen LogP contribution in [-0.4, -0.2) is 32.4 Å². The van der Waals surface area contributed by atoms with Gasteiger partial charge in [-0.25, -0.2) is 4.98 Å². The molecule has 0 spiro atoms. The fourth-order valence-corrected chi connectivity index (χ4v) is 3.31. The van der Waals surface area contributed by atoms with Crippen LogP contribution in [0.25, 0.3) is 22.6 Å². The van der Waals surface area contributed by atoms with Crippen molar-refractivity contribution < 1.29 is 18.0 Å². The van der Waals surface area contributed by atoms with Crippen molar-refractivity contribution in [3.63, 3.8) is 0 Å². The molecular formula is C25H29F3N4O. The summed E-state index contributed by atoms with van der Waals surface area (Å²) in [6.07, 6.45) is -2.08. The van der Waals surface area contributed by atoms with Crippen LogP contribution in [0.3, 0.4) is 0 Å². The summed E-state index contributed by atoms with van der Waals surface area (Å²) in [7, 11) is 0. The van der Waals surface area contributed by atoms with Gasteiger partial charge in [0.2, 0.25) is 0 Å². The summed E-state index contributed by atoms with van der Waals surface area (Å²) >= 11 is 0. The number of benzene rings is 1. The van der Waals surface area contributed by atoms with Gasteiger partial charge in [0.05, 0.1) is 22.6 Å². The van der Waals surface area contributed by atoms with Crippen molar-refractivity contribution in [1.82, 2.24) is 20.1 Å². The third-order valence-electron chi connectivity index (χ3n) is 5.42. The molecule has 0 aliphatic carbocycles. The van der Waals surface area contributed by atoms with Crippen LogP contribution in [0.2, 0.25) is 0 Å². The Hall–Kier alpha value is -3.16. The fraction of sp³-hybridized carbons (Fsp3) is 0.400. The number of aryl methyl sites for hydroxylation is 1. The number of pyridine rings is 1. The smallest absolute Gasteiger partial charge is 0.338 e. The Morgan fingerprint density at radius 3 is 2.12 bits per heavy atom. The minimum Gasteiger partial charge on any atom is -0.338 e. The highest BCUT2D eigenvalue weighted by atomic mass is 19.4. The molecule has 0 radical (unpaired) electrons. The van der Waals surface area contributed by atoms with Gasteiger partial charge < -0.3 is 5.32 Å². The SMILES string of the molecule is CCc1ccc(-c2cc(C(=O)NC(C)(C)C(F)(F)F)cc(-c3ccnn3C(C)(C)C)n2)cc1. The van der Waals surface area contributed by atoms with E-state index in [1.165, 1.54) is 12.1 Å². The van der Waals surface area contributed by atoms with Crippen LogP contribution in [0, 0.1) is 0 Å². The van der Waals surface area contributed by atoms with Crippen molar-refractivity contribution in [2.24, 2.45) is 0 Å². The van der Waals surface area contributed by atoms with Gasteiger partial charge in [0.1, 0.15) is 5.54 Å². The lowest BCUT2D eigenvalue weighted by Gasteiger charge is -2.29. The van der Waals surface area contributed by atoms with E-state index in [0.29, 0.717) is 17.1 Å². The van der Waals surface area contributed by atoms with Gasteiger partial charge in [-0.3, -0.25) is 9.48 Å². The summed E-state index contributed by atoms with van der Waals surface area (Å²) in [5.74, 6) is -0.825. The maximum Gasteiger partial charge on any atom is 0.410 e. The van der Waals surface area contributed by atoms with Gasteiger partial charge in [-0.1, -0.05) is 31.2 Å². The highest BCUT2D eigenvalue weighted by Gasteiger charge is 2.48. The predicted molar refractivity (Wildman–Crippen MR) is 123 cm³/mol. The molecule has 0 aliphatic heterocycles. The first kappa shape index (κ1) is 24.5. The topological polar surface area (TPSA) is 59.8 Å². The summed E-state index contributed by atoms with van der Waals surface area (Å²) in [6.45, 7) is 9.87. The lowest BCUT2D eigenvalue weighted by molar-refractivity contribution is -0.182. The average molecular weight is 459 g/mol. The second kappa shape index (κ2) is 8.65. The number of alkyl halides is 3. The van der Waals surface area contributed by atoms with E-state index in [1.807, 2.05) is 52.0 Å². The van der Waals surface area contributed by atoms with Crippen molar-refractivity contribution in [1.29, 1.82) is 0 Å². The molecule has 2 aromatic heterocycles. The lowest BCUT2D eigenvalue weighted by Crippen LogP contribution is -2.54. The zero-order valence-electron chi connectivity index (χ0n) is 19.7. The van der Waals surface area contributed by atoms with E-state index in [2.05, 4.69) is 10.4 Å². The molecule has 0 saturated heterocycles. The zero-order valence-corrected chi connectivity index (χ0v) is 19.7. The largest absolute Gasteiger partial charge is 0.410 e. The summed E-state index contributed by atoms with van der Waals surface area (Å²) in [5, 5.41) is 6.50. The maximum atomic E-state index is 13.4. The highest BCUT2D eigenvalue weighted by molar-refractivity contribution is 5.96. The van der Waals surface area contributed by atoms with E-state index in [9.17, 15) is 18.0 Å². The van der Waals surface area contributed by atoms with E-state index in [1.54, 1.807) is 16.9 Å². The molecule has 1 aromatic carbocycles. The molecule has 0 fully saturated rings. The fourth-order valence-electron chi connectivity index (χ4n) is 3.31. The molecule has 5 nitrogen and oxygen atoms in total. The monoisotopic (exact) mass is 458 g/mol. The standard InChI is InChI=1S/C25H29F3N4O/c1-7-16-8-10-17(11-9-16)19-14-18(22(33)31-24(5,6)25(26,27)28)15-20(30-19)21-12-13-29-32(21)23(2,3)4/h8-15H,7H2,1-6H3,(H,31,33). The molecule has 2 heterocycles. The minimum atomic E-state index is -4.60. The third-order valence-corrected chi connectivity index (χ3v) is 5.42. The average Bonchev–Trinajstić information content (AvgIpc) is 3.23. The Balaban J connectivity index is 2.14. The van der Waals surface area contributed by atoms with Gasteiger partial charge in [0.25, 0.3) is 5.91 Å². The summed E-state index contributed by atoms with van der Waals surface area (Å²) in [5.41, 5.74) is 0.864.